The summed E-state index contributed by atoms with van der Waals surface area (Å²) in [4.78, 5) is 12.9. The van der Waals surface area contributed by atoms with Crippen LogP contribution in [0.5, 0.6) is 11.5 Å². The van der Waals surface area contributed by atoms with Crippen molar-refractivity contribution in [2.24, 2.45) is 0 Å². The zero-order valence-electron chi connectivity index (χ0n) is 10.8. The molecule has 0 radical (unpaired) electrons. The van der Waals surface area contributed by atoms with Crippen molar-refractivity contribution < 1.29 is 19.4 Å². The van der Waals surface area contributed by atoms with Crippen molar-refractivity contribution in [3.63, 3.8) is 0 Å². The number of ether oxygens (including phenoxy) is 2. The first kappa shape index (κ1) is 14.1. The molecule has 0 aromatic heterocycles. The molecule has 0 aliphatic carbocycles. The van der Waals surface area contributed by atoms with Gasteiger partial charge >= 0.3 is 5.97 Å². The van der Waals surface area contributed by atoms with E-state index in [0.717, 1.165) is 6.54 Å². The van der Waals surface area contributed by atoms with Crippen molar-refractivity contribution in [3.05, 3.63) is 17.7 Å². The lowest BCUT2D eigenvalue weighted by Gasteiger charge is -2.14. The first-order valence-corrected chi connectivity index (χ1v) is 5.44. The molecule has 3 N–H and O–H groups in total. The third-order valence-electron chi connectivity index (χ3n) is 2.36. The number of carbonyl (C=O) groups is 1. The standard InChI is InChI=1S/C12H18N2O4/c1-14(2)4-5-18-11-6-8(12(15)16)9(13)7-10(11)17-3/h6-7H,4-5,13H2,1-3H3,(H,15,16). The fourth-order valence-corrected chi connectivity index (χ4v) is 1.37. The molecule has 0 saturated heterocycles. The summed E-state index contributed by atoms with van der Waals surface area (Å²) in [6, 6.07) is 2.83. The molecule has 6 nitrogen and oxygen atoms in total. The Hall–Kier alpha value is -1.95. The summed E-state index contributed by atoms with van der Waals surface area (Å²) in [5.74, 6) is -0.283. The molecule has 0 spiro atoms. The minimum atomic E-state index is -1.09. The Morgan fingerprint density at radius 1 is 1.39 bits per heavy atom. The lowest BCUT2D eigenvalue weighted by Crippen LogP contribution is -2.19. The highest BCUT2D eigenvalue weighted by Gasteiger charge is 2.14. The zero-order valence-corrected chi connectivity index (χ0v) is 10.8. The maximum atomic E-state index is 11.0. The molecule has 0 fully saturated rings. The molecule has 1 aromatic rings. The predicted octanol–water partition coefficient (Wildman–Crippen LogP) is 0.916. The van der Waals surface area contributed by atoms with Crippen LogP contribution < -0.4 is 15.2 Å². The minimum Gasteiger partial charge on any atom is -0.493 e. The van der Waals surface area contributed by atoms with Crippen molar-refractivity contribution in [3.8, 4) is 11.5 Å². The summed E-state index contributed by atoms with van der Waals surface area (Å²) in [7, 11) is 5.33. The smallest absolute Gasteiger partial charge is 0.337 e. The second kappa shape index (κ2) is 6.11. The number of anilines is 1. The van der Waals surface area contributed by atoms with E-state index in [4.69, 9.17) is 20.3 Å². The van der Waals surface area contributed by atoms with Gasteiger partial charge in [0, 0.05) is 18.7 Å². The molecular formula is C12H18N2O4. The van der Waals surface area contributed by atoms with E-state index in [2.05, 4.69) is 0 Å². The van der Waals surface area contributed by atoms with Gasteiger partial charge in [0.25, 0.3) is 0 Å². The Morgan fingerprint density at radius 3 is 2.56 bits per heavy atom. The molecule has 0 bridgehead atoms. The number of aromatic carboxylic acids is 1. The fraction of sp³-hybridized carbons (Fsp3) is 0.417. The van der Waals surface area contributed by atoms with E-state index in [-0.39, 0.29) is 11.3 Å². The van der Waals surface area contributed by atoms with E-state index < -0.39 is 5.97 Å². The second-order valence-electron chi connectivity index (χ2n) is 4.05. The normalized spacial score (nSPS) is 10.4. The molecule has 100 valence electrons. The van der Waals surface area contributed by atoms with Gasteiger partial charge in [0.15, 0.2) is 11.5 Å². The quantitative estimate of drug-likeness (QED) is 0.734. The Kier molecular flexibility index (Phi) is 4.79. The molecule has 0 heterocycles. The molecule has 1 rings (SSSR count). The van der Waals surface area contributed by atoms with E-state index in [1.54, 1.807) is 0 Å². The number of rotatable bonds is 6. The molecule has 0 saturated carbocycles. The second-order valence-corrected chi connectivity index (χ2v) is 4.05. The first-order valence-electron chi connectivity index (χ1n) is 5.44. The molecule has 6 heteroatoms. The molecule has 0 amide bonds. The van der Waals surface area contributed by atoms with Crippen molar-refractivity contribution in [1.82, 2.24) is 4.90 Å². The van der Waals surface area contributed by atoms with E-state index >= 15 is 0 Å². The molecule has 0 atom stereocenters. The molecule has 18 heavy (non-hydrogen) atoms. The first-order chi connectivity index (χ1) is 8.45. The lowest BCUT2D eigenvalue weighted by molar-refractivity contribution is 0.0697. The van der Waals surface area contributed by atoms with Crippen LogP contribution in [0.3, 0.4) is 0 Å². The van der Waals surface area contributed by atoms with Crippen molar-refractivity contribution in [2.75, 3.05) is 40.1 Å². The van der Waals surface area contributed by atoms with Crippen LogP contribution in [0.25, 0.3) is 0 Å². The van der Waals surface area contributed by atoms with E-state index in [1.165, 1.54) is 19.2 Å². The minimum absolute atomic E-state index is 0.00986. The fourth-order valence-electron chi connectivity index (χ4n) is 1.37. The van der Waals surface area contributed by atoms with Gasteiger partial charge in [-0.2, -0.15) is 0 Å². The molecular weight excluding hydrogens is 236 g/mol. The maximum Gasteiger partial charge on any atom is 0.337 e. The van der Waals surface area contributed by atoms with Crippen LogP contribution in [0.15, 0.2) is 12.1 Å². The van der Waals surface area contributed by atoms with Gasteiger partial charge < -0.3 is 25.2 Å². The van der Waals surface area contributed by atoms with Crippen molar-refractivity contribution >= 4 is 11.7 Å². The van der Waals surface area contributed by atoms with Crippen LogP contribution >= 0.6 is 0 Å². The van der Waals surface area contributed by atoms with Gasteiger partial charge in [-0.25, -0.2) is 4.79 Å². The average Bonchev–Trinajstić information content (AvgIpc) is 2.29. The van der Waals surface area contributed by atoms with Gasteiger partial charge in [-0.15, -0.1) is 0 Å². The number of nitrogen functional groups attached to an aromatic ring is 1. The highest BCUT2D eigenvalue weighted by molar-refractivity contribution is 5.94. The Balaban J connectivity index is 2.93. The van der Waals surface area contributed by atoms with Gasteiger partial charge in [0.1, 0.15) is 6.61 Å². The van der Waals surface area contributed by atoms with Crippen LogP contribution in [0.4, 0.5) is 5.69 Å². The number of carboxylic acid groups (broad SMARTS) is 1. The number of methoxy groups -OCH3 is 1. The van der Waals surface area contributed by atoms with Gasteiger partial charge in [0.2, 0.25) is 0 Å². The summed E-state index contributed by atoms with van der Waals surface area (Å²) < 4.78 is 10.6. The zero-order chi connectivity index (χ0) is 13.7. The van der Waals surface area contributed by atoms with Crippen LogP contribution in [0.2, 0.25) is 0 Å². The number of benzene rings is 1. The van der Waals surface area contributed by atoms with Crippen LogP contribution in [-0.2, 0) is 0 Å². The number of nitrogens with zero attached hydrogens (tertiary/aromatic N) is 1. The van der Waals surface area contributed by atoms with E-state index in [1.807, 2.05) is 19.0 Å². The maximum absolute atomic E-state index is 11.0. The van der Waals surface area contributed by atoms with Gasteiger partial charge in [-0.05, 0) is 14.1 Å². The Bertz CT molecular complexity index is 432. The third-order valence-corrected chi connectivity index (χ3v) is 2.36. The van der Waals surface area contributed by atoms with Crippen molar-refractivity contribution in [2.45, 2.75) is 0 Å². The van der Waals surface area contributed by atoms with Crippen LogP contribution in [0, 0.1) is 0 Å². The lowest BCUT2D eigenvalue weighted by atomic mass is 10.1. The summed E-state index contributed by atoms with van der Waals surface area (Å²) >= 11 is 0. The van der Waals surface area contributed by atoms with E-state index in [9.17, 15) is 4.79 Å². The number of hydrogen-bond donors (Lipinski definition) is 2. The Morgan fingerprint density at radius 2 is 2.06 bits per heavy atom. The molecule has 0 aliphatic heterocycles. The summed E-state index contributed by atoms with van der Waals surface area (Å²) in [5, 5.41) is 8.98. The van der Waals surface area contributed by atoms with Crippen LogP contribution in [-0.4, -0.2) is 50.3 Å². The summed E-state index contributed by atoms with van der Waals surface area (Å²) in [6.07, 6.45) is 0. The van der Waals surface area contributed by atoms with Gasteiger partial charge in [0.05, 0.1) is 18.4 Å². The highest BCUT2D eigenvalue weighted by Crippen LogP contribution is 2.32. The largest absolute Gasteiger partial charge is 0.493 e. The third kappa shape index (κ3) is 3.53. The van der Waals surface area contributed by atoms with Gasteiger partial charge in [-0.3, -0.25) is 0 Å². The van der Waals surface area contributed by atoms with Crippen LogP contribution in [0.1, 0.15) is 10.4 Å². The monoisotopic (exact) mass is 254 g/mol. The Labute approximate surface area is 106 Å². The topological polar surface area (TPSA) is 85.0 Å². The van der Waals surface area contributed by atoms with E-state index in [0.29, 0.717) is 18.1 Å². The predicted molar refractivity (Wildman–Crippen MR) is 68.4 cm³/mol. The highest BCUT2D eigenvalue weighted by atomic mass is 16.5. The molecule has 1 aromatic carbocycles. The van der Waals surface area contributed by atoms with Crippen molar-refractivity contribution in [1.29, 1.82) is 0 Å². The number of likely N-dealkylation sites (N-methyl/N-ethyl adjacent to an activating group) is 1. The number of hydrogen-bond acceptors (Lipinski definition) is 5. The molecule has 0 unspecified atom stereocenters. The summed E-state index contributed by atoms with van der Waals surface area (Å²) in [6.45, 7) is 1.16. The number of carboxylic acids is 1. The summed E-state index contributed by atoms with van der Waals surface area (Å²) in [5.41, 5.74) is 5.78. The SMILES string of the molecule is COc1cc(N)c(C(=O)O)cc1OCCN(C)C. The number of nitrogens with two attached hydrogens (primary N) is 1. The molecule has 0 aliphatic rings. The average molecular weight is 254 g/mol. The van der Waals surface area contributed by atoms with Gasteiger partial charge in [-0.1, -0.05) is 0 Å².